The van der Waals surface area contributed by atoms with Crippen molar-refractivity contribution >= 4 is 28.2 Å². The Hall–Kier alpha value is -1.34. The predicted octanol–water partition coefficient (Wildman–Crippen LogP) is 0.778. The number of aliphatic hydroxyl groups is 1. The normalized spacial score (nSPS) is 19.5. The third kappa shape index (κ3) is 2.98. The standard InChI is InChI=1S/C12H20N4O2S/c1-3-15(2)12-14-10(13)9(19-12)11(18)16-6-4-5-8(17)7-16/h8,17H,3-7,13H2,1-2H3. The fraction of sp³-hybridized carbons (Fsp3) is 0.667. The molecule has 1 amide bonds. The first-order chi connectivity index (χ1) is 9.02. The first-order valence-corrected chi connectivity index (χ1v) is 7.29. The number of nitrogen functional groups attached to an aromatic ring is 1. The number of nitrogens with zero attached hydrogens (tertiary/aromatic N) is 3. The van der Waals surface area contributed by atoms with Gasteiger partial charge < -0.3 is 20.6 Å². The lowest BCUT2D eigenvalue weighted by Gasteiger charge is -2.29. The van der Waals surface area contributed by atoms with Gasteiger partial charge in [-0.15, -0.1) is 0 Å². The molecule has 0 saturated carbocycles. The van der Waals surface area contributed by atoms with Crippen molar-refractivity contribution in [2.45, 2.75) is 25.9 Å². The summed E-state index contributed by atoms with van der Waals surface area (Å²) in [6, 6.07) is 0. The minimum absolute atomic E-state index is 0.121. The summed E-state index contributed by atoms with van der Waals surface area (Å²) in [6.45, 7) is 3.88. The number of hydrogen-bond acceptors (Lipinski definition) is 6. The summed E-state index contributed by atoms with van der Waals surface area (Å²) in [4.78, 5) is 20.7. The summed E-state index contributed by atoms with van der Waals surface area (Å²) < 4.78 is 0. The van der Waals surface area contributed by atoms with Crippen molar-refractivity contribution < 1.29 is 9.90 Å². The van der Waals surface area contributed by atoms with Gasteiger partial charge in [-0.2, -0.15) is 0 Å². The van der Waals surface area contributed by atoms with Crippen LogP contribution in [0.5, 0.6) is 0 Å². The van der Waals surface area contributed by atoms with Gasteiger partial charge in [0.05, 0.1) is 6.10 Å². The highest BCUT2D eigenvalue weighted by Gasteiger charge is 2.27. The molecule has 0 aromatic carbocycles. The van der Waals surface area contributed by atoms with Crippen molar-refractivity contribution in [3.8, 4) is 0 Å². The molecule has 0 bridgehead atoms. The summed E-state index contributed by atoms with van der Waals surface area (Å²) in [5, 5.41) is 10.4. The molecule has 0 radical (unpaired) electrons. The van der Waals surface area contributed by atoms with Crippen LogP contribution in [0.1, 0.15) is 29.4 Å². The zero-order valence-electron chi connectivity index (χ0n) is 11.3. The molecule has 1 aliphatic heterocycles. The number of amides is 1. The number of β-amino-alcohol motifs (C(OH)–C–C–N with tert-alkyl or cyclic N) is 1. The van der Waals surface area contributed by atoms with Crippen LogP contribution < -0.4 is 10.6 Å². The highest BCUT2D eigenvalue weighted by Crippen LogP contribution is 2.29. The molecule has 1 saturated heterocycles. The number of carbonyl (C=O) groups excluding carboxylic acids is 1. The molecule has 1 atom stereocenters. The molecule has 106 valence electrons. The van der Waals surface area contributed by atoms with E-state index in [9.17, 15) is 9.90 Å². The Kier molecular flexibility index (Phi) is 4.26. The molecule has 2 heterocycles. The molecule has 1 unspecified atom stereocenters. The number of piperidine rings is 1. The summed E-state index contributed by atoms with van der Waals surface area (Å²) in [6.07, 6.45) is 1.16. The molecule has 1 fully saturated rings. The number of thiazole rings is 1. The summed E-state index contributed by atoms with van der Waals surface area (Å²) >= 11 is 1.31. The first kappa shape index (κ1) is 14.1. The smallest absolute Gasteiger partial charge is 0.267 e. The van der Waals surface area contributed by atoms with E-state index < -0.39 is 6.10 Å². The van der Waals surface area contributed by atoms with E-state index in [4.69, 9.17) is 5.73 Å². The van der Waals surface area contributed by atoms with Crippen molar-refractivity contribution in [1.29, 1.82) is 0 Å². The van der Waals surface area contributed by atoms with Crippen LogP contribution in [0.25, 0.3) is 0 Å². The van der Waals surface area contributed by atoms with E-state index in [1.165, 1.54) is 11.3 Å². The van der Waals surface area contributed by atoms with Gasteiger partial charge in [-0.25, -0.2) is 4.98 Å². The zero-order valence-corrected chi connectivity index (χ0v) is 12.1. The number of aromatic nitrogens is 1. The Labute approximate surface area is 116 Å². The SMILES string of the molecule is CCN(C)c1nc(N)c(C(=O)N2CCCC(O)C2)s1. The number of carbonyl (C=O) groups is 1. The summed E-state index contributed by atoms with van der Waals surface area (Å²) in [7, 11) is 1.91. The van der Waals surface area contributed by atoms with E-state index >= 15 is 0 Å². The van der Waals surface area contributed by atoms with Crippen LogP contribution in [-0.2, 0) is 0 Å². The van der Waals surface area contributed by atoms with E-state index in [1.807, 2.05) is 18.9 Å². The maximum absolute atomic E-state index is 12.4. The van der Waals surface area contributed by atoms with Gasteiger partial charge in [0, 0.05) is 26.7 Å². The molecule has 0 spiro atoms. The van der Waals surface area contributed by atoms with Crippen LogP contribution in [-0.4, -0.2) is 53.7 Å². The Balaban J connectivity index is 2.16. The van der Waals surface area contributed by atoms with Crippen LogP contribution in [0, 0.1) is 0 Å². The zero-order chi connectivity index (χ0) is 14.0. The lowest BCUT2D eigenvalue weighted by molar-refractivity contribution is 0.0478. The molecule has 1 aromatic rings. The number of likely N-dealkylation sites (tertiary alicyclic amines) is 1. The summed E-state index contributed by atoms with van der Waals surface area (Å²) in [5.74, 6) is 0.162. The van der Waals surface area contributed by atoms with Crippen molar-refractivity contribution in [3.63, 3.8) is 0 Å². The monoisotopic (exact) mass is 284 g/mol. The molecule has 0 aliphatic carbocycles. The maximum Gasteiger partial charge on any atom is 0.267 e. The first-order valence-electron chi connectivity index (χ1n) is 6.47. The van der Waals surface area contributed by atoms with Crippen molar-refractivity contribution in [3.05, 3.63) is 4.88 Å². The maximum atomic E-state index is 12.4. The summed E-state index contributed by atoms with van der Waals surface area (Å²) in [5.41, 5.74) is 5.84. The average Bonchev–Trinajstić information content (AvgIpc) is 2.79. The van der Waals surface area contributed by atoms with E-state index in [0.29, 0.717) is 18.0 Å². The highest BCUT2D eigenvalue weighted by atomic mass is 32.1. The largest absolute Gasteiger partial charge is 0.391 e. The third-order valence-corrected chi connectivity index (χ3v) is 4.49. The van der Waals surface area contributed by atoms with Crippen molar-refractivity contribution in [1.82, 2.24) is 9.88 Å². The quantitative estimate of drug-likeness (QED) is 0.857. The molecular formula is C12H20N4O2S. The van der Waals surface area contributed by atoms with Gasteiger partial charge in [0.25, 0.3) is 5.91 Å². The minimum atomic E-state index is -0.426. The van der Waals surface area contributed by atoms with Crippen molar-refractivity contribution in [2.75, 3.05) is 37.3 Å². The number of nitrogens with two attached hydrogens (primary N) is 1. The number of hydrogen-bond donors (Lipinski definition) is 2. The molecule has 2 rings (SSSR count). The lowest BCUT2D eigenvalue weighted by Crippen LogP contribution is -2.42. The molecule has 1 aromatic heterocycles. The molecule has 7 heteroatoms. The van der Waals surface area contributed by atoms with Crippen LogP contribution in [0.15, 0.2) is 0 Å². The lowest BCUT2D eigenvalue weighted by atomic mass is 10.1. The second-order valence-corrected chi connectivity index (χ2v) is 5.75. The van der Waals surface area contributed by atoms with Gasteiger partial charge in [0.1, 0.15) is 10.7 Å². The fourth-order valence-electron chi connectivity index (χ4n) is 2.05. The van der Waals surface area contributed by atoms with Gasteiger partial charge in [0.15, 0.2) is 5.13 Å². The Morgan fingerprint density at radius 1 is 1.68 bits per heavy atom. The van der Waals surface area contributed by atoms with Gasteiger partial charge in [-0.05, 0) is 19.8 Å². The van der Waals surface area contributed by atoms with Gasteiger partial charge >= 0.3 is 0 Å². The van der Waals surface area contributed by atoms with E-state index in [-0.39, 0.29) is 11.7 Å². The number of aliphatic hydroxyl groups excluding tert-OH is 1. The highest BCUT2D eigenvalue weighted by molar-refractivity contribution is 7.18. The van der Waals surface area contributed by atoms with Crippen LogP contribution >= 0.6 is 11.3 Å². The van der Waals surface area contributed by atoms with E-state index in [0.717, 1.165) is 24.5 Å². The molecule has 1 aliphatic rings. The minimum Gasteiger partial charge on any atom is -0.391 e. The average molecular weight is 284 g/mol. The van der Waals surface area contributed by atoms with Crippen molar-refractivity contribution in [2.24, 2.45) is 0 Å². The van der Waals surface area contributed by atoms with Gasteiger partial charge in [-0.1, -0.05) is 11.3 Å². The third-order valence-electron chi connectivity index (χ3n) is 3.32. The number of rotatable bonds is 3. The Morgan fingerprint density at radius 3 is 3.05 bits per heavy atom. The van der Waals surface area contributed by atoms with Crippen LogP contribution in [0.3, 0.4) is 0 Å². The van der Waals surface area contributed by atoms with Gasteiger partial charge in [0.2, 0.25) is 0 Å². The predicted molar refractivity (Wildman–Crippen MR) is 76.6 cm³/mol. The number of anilines is 2. The van der Waals surface area contributed by atoms with Gasteiger partial charge in [-0.3, -0.25) is 4.79 Å². The second kappa shape index (κ2) is 5.75. The molecule has 6 nitrogen and oxygen atoms in total. The Morgan fingerprint density at radius 2 is 2.42 bits per heavy atom. The molecular weight excluding hydrogens is 264 g/mol. The second-order valence-electron chi connectivity index (χ2n) is 4.77. The molecule has 19 heavy (non-hydrogen) atoms. The van der Waals surface area contributed by atoms with Crippen LogP contribution in [0.4, 0.5) is 10.9 Å². The van der Waals surface area contributed by atoms with Crippen LogP contribution in [0.2, 0.25) is 0 Å². The van der Waals surface area contributed by atoms with E-state index in [2.05, 4.69) is 4.98 Å². The topological polar surface area (TPSA) is 82.7 Å². The Bertz CT molecular complexity index is 463. The molecule has 3 N–H and O–H groups in total. The fourth-order valence-corrected chi connectivity index (χ4v) is 3.03. The van der Waals surface area contributed by atoms with E-state index in [1.54, 1.807) is 4.90 Å².